The van der Waals surface area contributed by atoms with Crippen molar-refractivity contribution < 1.29 is 54.2 Å². The quantitative estimate of drug-likeness (QED) is 0.0460. The van der Waals surface area contributed by atoms with Crippen LogP contribution < -0.4 is 25.1 Å². The van der Waals surface area contributed by atoms with E-state index < -0.39 is 47.4 Å². The van der Waals surface area contributed by atoms with Crippen LogP contribution in [0.3, 0.4) is 0 Å². The molecule has 83 heavy (non-hydrogen) atoms. The number of nitrogens with zero attached hydrogens (tertiary/aromatic N) is 5. The first-order valence-corrected chi connectivity index (χ1v) is 34.3. The van der Waals surface area contributed by atoms with Crippen LogP contribution in [0.25, 0.3) is 22.4 Å². The first-order chi connectivity index (χ1) is 39.6. The Hall–Kier alpha value is -5.27. The fraction of sp³-hybridized carbons (Fsp3) is 0.417. The average Bonchev–Trinajstić information content (AvgIpc) is 3.98. The summed E-state index contributed by atoms with van der Waals surface area (Å²) in [5.74, 6) is -0.474. The molecule has 1 aromatic heterocycles. The standard InChI is InChI=1S/C60H72ClF3N6O9P2S2/c1-6-77-80(73,78-7-2)40-44-26-29-66(30-27-44)31-28-48(41-82-53-14-9-8-10-15-53)65-54-25-24-52(39-55(54)83(75,76)60(62,63)64)81(74)69(36-37-79-81)50-22-20-49(21-23-50)67-32-34-68(35-33-67)51-13-11-12-46(38-51)57-56(59(71)72)43(5)70(42(3)4)58(57)45-16-18-47(61)19-17-45/h8-25,38-39,42,44,48,65H,6-7,26-37,40-41H2,1-5H3,(H,71,72)/t48-,81-/m1/s1. The second-order valence-corrected chi connectivity index (χ2v) is 29.1. The number of aromatic nitrogens is 1. The molecule has 0 saturated carbocycles. The third kappa shape index (κ3) is 14.0. The van der Waals surface area contributed by atoms with Crippen molar-refractivity contribution in [2.75, 3.05) is 104 Å². The number of carboxylic acids is 1. The van der Waals surface area contributed by atoms with Crippen molar-refractivity contribution >= 4 is 82.3 Å². The van der Waals surface area contributed by atoms with Crippen molar-refractivity contribution in [3.63, 3.8) is 0 Å². The highest BCUT2D eigenvalue weighted by Crippen LogP contribution is 2.56. The van der Waals surface area contributed by atoms with Gasteiger partial charge in [0.05, 0.1) is 54.8 Å². The number of benzene rings is 5. The Labute approximate surface area is 494 Å². The molecule has 6 aromatic rings. The molecule has 3 fully saturated rings. The summed E-state index contributed by atoms with van der Waals surface area (Å²) in [6.07, 6.45) is 2.32. The number of aromatic carboxylic acids is 1. The van der Waals surface area contributed by atoms with E-state index in [2.05, 4.69) is 24.6 Å². The van der Waals surface area contributed by atoms with E-state index in [1.165, 1.54) is 28.6 Å². The lowest BCUT2D eigenvalue weighted by molar-refractivity contribution is -0.0435. The third-order valence-electron chi connectivity index (χ3n) is 15.6. The number of piperazine rings is 1. The first-order valence-electron chi connectivity index (χ1n) is 28.1. The average molecular weight is 1240 g/mol. The van der Waals surface area contributed by atoms with E-state index in [0.29, 0.717) is 86.1 Å². The van der Waals surface area contributed by atoms with Gasteiger partial charge in [-0.2, -0.15) is 13.2 Å². The number of halogens is 4. The molecule has 23 heteroatoms. The largest absolute Gasteiger partial charge is 0.501 e. The summed E-state index contributed by atoms with van der Waals surface area (Å²) in [4.78, 5) is 19.6. The number of carboxylic acid groups (broad SMARTS) is 1. The van der Waals surface area contributed by atoms with Gasteiger partial charge in [-0.25, -0.2) is 13.2 Å². The van der Waals surface area contributed by atoms with E-state index >= 15 is 4.57 Å². The van der Waals surface area contributed by atoms with E-state index in [1.54, 1.807) is 38.1 Å². The van der Waals surface area contributed by atoms with Crippen molar-refractivity contribution in [1.82, 2.24) is 9.47 Å². The molecule has 0 amide bonds. The molecule has 0 radical (unpaired) electrons. The number of nitrogens with one attached hydrogen (secondary N) is 1. The van der Waals surface area contributed by atoms with Crippen LogP contribution in [0, 0.1) is 12.8 Å². The van der Waals surface area contributed by atoms with Gasteiger partial charge in [0, 0.05) is 88.8 Å². The predicted octanol–water partition coefficient (Wildman–Crippen LogP) is 14.0. The molecule has 3 aliphatic heterocycles. The number of piperidine rings is 1. The fourth-order valence-electron chi connectivity index (χ4n) is 11.5. The van der Waals surface area contributed by atoms with E-state index in [0.717, 1.165) is 52.0 Å². The van der Waals surface area contributed by atoms with Gasteiger partial charge in [-0.05, 0) is 163 Å². The zero-order chi connectivity index (χ0) is 59.3. The number of likely N-dealkylation sites (tertiary alicyclic amines) is 1. The maximum absolute atomic E-state index is 15.1. The molecule has 4 heterocycles. The van der Waals surface area contributed by atoms with Crippen LogP contribution in [0.15, 0.2) is 131 Å². The van der Waals surface area contributed by atoms with Gasteiger partial charge in [-0.15, -0.1) is 11.8 Å². The van der Waals surface area contributed by atoms with Crippen molar-refractivity contribution in [1.29, 1.82) is 0 Å². The molecule has 0 aliphatic carbocycles. The zero-order valence-corrected chi connectivity index (χ0v) is 51.4. The molecule has 0 bridgehead atoms. The van der Waals surface area contributed by atoms with Crippen LogP contribution in [0.2, 0.25) is 5.02 Å². The van der Waals surface area contributed by atoms with Gasteiger partial charge in [-0.3, -0.25) is 13.8 Å². The van der Waals surface area contributed by atoms with Gasteiger partial charge >= 0.3 is 26.6 Å². The summed E-state index contributed by atoms with van der Waals surface area (Å²) in [6, 6.07) is 35.3. The third-order valence-corrected chi connectivity index (χ3v) is 23.3. The molecule has 0 spiro atoms. The molecule has 5 aromatic carbocycles. The van der Waals surface area contributed by atoms with Crippen molar-refractivity contribution in [2.24, 2.45) is 5.92 Å². The Morgan fingerprint density at radius 2 is 1.47 bits per heavy atom. The van der Waals surface area contributed by atoms with E-state index in [1.807, 2.05) is 99.6 Å². The maximum Gasteiger partial charge on any atom is 0.501 e. The predicted molar refractivity (Wildman–Crippen MR) is 328 cm³/mol. The van der Waals surface area contributed by atoms with Gasteiger partial charge in [0.1, 0.15) is 4.90 Å². The Kier molecular flexibility index (Phi) is 19.9. The number of hydrogen-bond acceptors (Lipinski definition) is 13. The van der Waals surface area contributed by atoms with Gasteiger partial charge in [0.2, 0.25) is 0 Å². The highest BCUT2D eigenvalue weighted by atomic mass is 35.5. The molecular weight excluding hydrogens is 1170 g/mol. The van der Waals surface area contributed by atoms with Crippen LogP contribution in [-0.4, -0.2) is 125 Å². The summed E-state index contributed by atoms with van der Waals surface area (Å²) in [6.45, 7) is 14.7. The lowest BCUT2D eigenvalue weighted by Crippen LogP contribution is -2.46. The Balaban J connectivity index is 0.903. The van der Waals surface area contributed by atoms with E-state index in [9.17, 15) is 36.1 Å². The van der Waals surface area contributed by atoms with Crippen molar-refractivity contribution in [3.8, 4) is 22.4 Å². The number of hydrogen-bond donors (Lipinski definition) is 2. The molecule has 9 rings (SSSR count). The minimum Gasteiger partial charge on any atom is -0.478 e. The van der Waals surface area contributed by atoms with Gasteiger partial charge < -0.3 is 43.3 Å². The molecular formula is C60H72ClF3N6O9P2S2. The minimum atomic E-state index is -5.98. The SMILES string of the molecule is CCOP(=O)(CC1CCN(CC[C@H](CSc2ccccc2)Nc2ccc([P@@]3(=O)OCCN3c3ccc(N4CCN(c5cccc(-c6c(C(=O)O)c(C)n(C(C)C)c6-c6ccc(Cl)cc6)c5)CC4)cc3)cc2S(=O)(=O)C(F)(F)F)CC1)OCC. The van der Waals surface area contributed by atoms with Crippen LogP contribution >= 0.6 is 38.5 Å². The van der Waals surface area contributed by atoms with Crippen molar-refractivity contribution in [2.45, 2.75) is 81.3 Å². The summed E-state index contributed by atoms with van der Waals surface area (Å²) in [7, 11) is -13.3. The lowest BCUT2D eigenvalue weighted by Gasteiger charge is -2.37. The van der Waals surface area contributed by atoms with E-state index in [4.69, 9.17) is 25.2 Å². The van der Waals surface area contributed by atoms with Crippen LogP contribution in [0.4, 0.5) is 35.9 Å². The highest BCUT2D eigenvalue weighted by Gasteiger charge is 2.50. The Bertz CT molecular complexity index is 3430. The molecule has 15 nitrogen and oxygen atoms in total. The molecule has 3 aliphatic rings. The topological polar surface area (TPSA) is 163 Å². The minimum absolute atomic E-state index is 0.0128. The van der Waals surface area contributed by atoms with Crippen LogP contribution in [0.5, 0.6) is 0 Å². The number of thioether (sulfide) groups is 1. The smallest absolute Gasteiger partial charge is 0.478 e. The number of carbonyl (C=O) groups is 1. The summed E-state index contributed by atoms with van der Waals surface area (Å²) in [5, 5.41) is 14.2. The van der Waals surface area contributed by atoms with E-state index in [-0.39, 0.29) is 54.9 Å². The highest BCUT2D eigenvalue weighted by molar-refractivity contribution is 7.99. The lowest BCUT2D eigenvalue weighted by atomic mass is 9.96. The molecule has 2 N–H and O–H groups in total. The molecule has 3 saturated heterocycles. The van der Waals surface area contributed by atoms with Gasteiger partial charge in [0.25, 0.3) is 9.84 Å². The summed E-state index contributed by atoms with van der Waals surface area (Å²) in [5.41, 5.74) is 0.402. The fourth-order valence-corrected chi connectivity index (χ4v) is 18.0. The number of anilines is 4. The number of sulfone groups is 1. The molecule has 0 unspecified atom stereocenters. The zero-order valence-electron chi connectivity index (χ0n) is 47.3. The molecule has 446 valence electrons. The maximum atomic E-state index is 15.1. The van der Waals surface area contributed by atoms with Crippen LogP contribution in [-0.2, 0) is 32.5 Å². The first kappa shape index (κ1) is 62.3. The second kappa shape index (κ2) is 26.6. The Morgan fingerprint density at radius 1 is 0.831 bits per heavy atom. The van der Waals surface area contributed by atoms with Gasteiger partial charge in [0.15, 0.2) is 0 Å². The Morgan fingerprint density at radius 3 is 2.08 bits per heavy atom. The van der Waals surface area contributed by atoms with Crippen molar-refractivity contribution in [3.05, 3.63) is 138 Å². The van der Waals surface area contributed by atoms with Gasteiger partial charge in [-0.1, -0.05) is 54.1 Å². The molecule has 2 atom stereocenters. The summed E-state index contributed by atoms with van der Waals surface area (Å²) >= 11 is 7.78. The normalized spacial score (nSPS) is 18.1. The second-order valence-electron chi connectivity index (χ2n) is 21.3. The van der Waals surface area contributed by atoms with Crippen LogP contribution in [0.1, 0.15) is 69.1 Å². The number of alkyl halides is 3. The monoisotopic (exact) mass is 1240 g/mol. The number of rotatable bonds is 23. The summed E-state index contributed by atoms with van der Waals surface area (Å²) < 4.78 is 120.